The fraction of sp³-hybridized carbons (Fsp3) is 0.286. The van der Waals surface area contributed by atoms with E-state index in [-0.39, 0.29) is 16.5 Å². The Labute approximate surface area is 145 Å². The number of aromatic nitrogens is 2. The molecule has 1 aromatic heterocycles. The number of rotatable bonds is 4. The third kappa shape index (κ3) is 3.49. The summed E-state index contributed by atoms with van der Waals surface area (Å²) in [7, 11) is -4.14. The summed E-state index contributed by atoms with van der Waals surface area (Å²) in [5.74, 6) is -2.67. The maximum absolute atomic E-state index is 12.6. The average Bonchev–Trinajstić information content (AvgIpc) is 3.24. The molecule has 25 heavy (non-hydrogen) atoms. The molecule has 2 unspecified atom stereocenters. The molecule has 3 rings (SSSR count). The van der Waals surface area contributed by atoms with Crippen LogP contribution in [0.3, 0.4) is 0 Å². The second-order valence-electron chi connectivity index (χ2n) is 5.49. The molecule has 0 radical (unpaired) electrons. The molecule has 1 aliphatic rings. The fourth-order valence-corrected chi connectivity index (χ4v) is 3.68. The van der Waals surface area contributed by atoms with Gasteiger partial charge in [-0.3, -0.25) is 4.79 Å². The van der Waals surface area contributed by atoms with Gasteiger partial charge in [-0.1, -0.05) is 29.8 Å². The van der Waals surface area contributed by atoms with Crippen LogP contribution in [-0.2, 0) is 10.0 Å². The monoisotopic (exact) mass is 393 g/mol. The normalized spacial score (nSPS) is 20.3. The fourth-order valence-electron chi connectivity index (χ4n) is 2.40. The predicted octanol–water partition coefficient (Wildman–Crippen LogP) is 2.78. The number of amides is 1. The van der Waals surface area contributed by atoms with Crippen molar-refractivity contribution >= 4 is 27.5 Å². The molecule has 134 valence electrons. The lowest BCUT2D eigenvalue weighted by Gasteiger charge is -2.07. The Bertz CT molecular complexity index is 912. The standard InChI is InChI=1S/C14H11ClF3N3O3S/c15-12-11(19-7-21(12)10-6-9(10)14(16,17)18)13(22)20-25(23,24)8-4-2-1-3-5-8/h1-5,7,9-10H,6H2,(H,20,22). The summed E-state index contributed by atoms with van der Waals surface area (Å²) in [5, 5.41) is -0.336. The molecule has 2 atom stereocenters. The molecule has 2 aromatic rings. The highest BCUT2D eigenvalue weighted by molar-refractivity contribution is 7.90. The summed E-state index contributed by atoms with van der Waals surface area (Å²) < 4.78 is 65.0. The number of nitrogens with zero attached hydrogens (tertiary/aromatic N) is 2. The van der Waals surface area contributed by atoms with Crippen LogP contribution in [0.5, 0.6) is 0 Å². The summed E-state index contributed by atoms with van der Waals surface area (Å²) in [5.41, 5.74) is -0.450. The first-order valence-corrected chi connectivity index (χ1v) is 8.88. The van der Waals surface area contributed by atoms with Crippen molar-refractivity contribution in [2.24, 2.45) is 5.92 Å². The summed E-state index contributed by atoms with van der Waals surface area (Å²) in [4.78, 5) is 15.6. The minimum atomic E-state index is -4.36. The molecule has 1 saturated carbocycles. The summed E-state index contributed by atoms with van der Waals surface area (Å²) >= 11 is 5.92. The first-order chi connectivity index (χ1) is 11.6. The molecule has 11 heteroatoms. The Morgan fingerprint density at radius 3 is 2.48 bits per heavy atom. The van der Waals surface area contributed by atoms with Gasteiger partial charge < -0.3 is 4.57 Å². The van der Waals surface area contributed by atoms with Gasteiger partial charge in [0, 0.05) is 6.04 Å². The third-order valence-corrected chi connectivity index (χ3v) is 5.48. The lowest BCUT2D eigenvalue weighted by atomic mass is 10.4. The van der Waals surface area contributed by atoms with Gasteiger partial charge in [0.25, 0.3) is 15.9 Å². The van der Waals surface area contributed by atoms with Crippen molar-refractivity contribution in [1.82, 2.24) is 14.3 Å². The Balaban J connectivity index is 1.79. The molecule has 1 fully saturated rings. The van der Waals surface area contributed by atoms with E-state index in [1.54, 1.807) is 10.8 Å². The third-order valence-electron chi connectivity index (χ3n) is 3.76. The molecule has 6 nitrogen and oxygen atoms in total. The van der Waals surface area contributed by atoms with Crippen molar-refractivity contribution in [3.05, 3.63) is 47.5 Å². The van der Waals surface area contributed by atoms with Crippen LogP contribution in [0.4, 0.5) is 13.2 Å². The largest absolute Gasteiger partial charge is 0.393 e. The summed E-state index contributed by atoms with van der Waals surface area (Å²) in [6.07, 6.45) is -3.52. The first-order valence-electron chi connectivity index (χ1n) is 7.02. The second-order valence-corrected chi connectivity index (χ2v) is 7.53. The first kappa shape index (κ1) is 17.7. The Hall–Kier alpha value is -2.07. The zero-order valence-electron chi connectivity index (χ0n) is 12.4. The van der Waals surface area contributed by atoms with E-state index in [1.807, 2.05) is 0 Å². The van der Waals surface area contributed by atoms with Crippen LogP contribution >= 0.6 is 11.6 Å². The van der Waals surface area contributed by atoms with Crippen LogP contribution in [0.1, 0.15) is 23.0 Å². The topological polar surface area (TPSA) is 81.1 Å². The maximum Gasteiger partial charge on any atom is 0.393 e. The molecular weight excluding hydrogens is 383 g/mol. The molecule has 1 amide bonds. The van der Waals surface area contributed by atoms with E-state index in [0.29, 0.717) is 0 Å². The average molecular weight is 394 g/mol. The van der Waals surface area contributed by atoms with Crippen LogP contribution in [0.2, 0.25) is 5.15 Å². The zero-order valence-corrected chi connectivity index (χ0v) is 13.9. The number of benzene rings is 1. The molecule has 1 N–H and O–H groups in total. The van der Waals surface area contributed by atoms with Crippen molar-refractivity contribution < 1.29 is 26.4 Å². The number of sulfonamides is 1. The summed E-state index contributed by atoms with van der Waals surface area (Å²) in [6, 6.07) is 6.19. The van der Waals surface area contributed by atoms with E-state index < -0.39 is 39.8 Å². The van der Waals surface area contributed by atoms with Gasteiger partial charge in [0.2, 0.25) is 0 Å². The number of carbonyl (C=O) groups is 1. The molecular formula is C14H11ClF3N3O3S. The highest BCUT2D eigenvalue weighted by Gasteiger charge is 2.57. The van der Waals surface area contributed by atoms with Gasteiger partial charge in [-0.25, -0.2) is 18.1 Å². The molecule has 0 bridgehead atoms. The predicted molar refractivity (Wildman–Crippen MR) is 81.5 cm³/mol. The number of imidazole rings is 1. The van der Waals surface area contributed by atoms with E-state index in [9.17, 15) is 26.4 Å². The zero-order chi connectivity index (χ0) is 18.4. The van der Waals surface area contributed by atoms with Crippen LogP contribution in [0.15, 0.2) is 41.6 Å². The van der Waals surface area contributed by atoms with Crippen LogP contribution < -0.4 is 4.72 Å². The van der Waals surface area contributed by atoms with E-state index in [0.717, 1.165) is 10.9 Å². The van der Waals surface area contributed by atoms with E-state index in [4.69, 9.17) is 11.6 Å². The number of hydrogen-bond donors (Lipinski definition) is 1. The highest BCUT2D eigenvalue weighted by Crippen LogP contribution is 2.54. The van der Waals surface area contributed by atoms with Crippen molar-refractivity contribution in [1.29, 1.82) is 0 Å². The minimum absolute atomic E-state index is 0.141. The van der Waals surface area contributed by atoms with Gasteiger partial charge in [-0.05, 0) is 18.6 Å². The van der Waals surface area contributed by atoms with Gasteiger partial charge >= 0.3 is 6.18 Å². The SMILES string of the molecule is O=C(NS(=O)(=O)c1ccccc1)c1ncn(C2CC2C(F)(F)F)c1Cl. The maximum atomic E-state index is 12.6. The van der Waals surface area contributed by atoms with E-state index >= 15 is 0 Å². The van der Waals surface area contributed by atoms with E-state index in [1.165, 1.54) is 24.3 Å². The highest BCUT2D eigenvalue weighted by atomic mass is 35.5. The van der Waals surface area contributed by atoms with Crippen molar-refractivity contribution in [2.45, 2.75) is 23.5 Å². The van der Waals surface area contributed by atoms with Gasteiger partial charge in [-0.2, -0.15) is 13.2 Å². The molecule has 1 aromatic carbocycles. The molecule has 0 aliphatic heterocycles. The lowest BCUT2D eigenvalue weighted by Crippen LogP contribution is -2.31. The molecule has 0 spiro atoms. The molecule has 1 aliphatic carbocycles. The second kappa shape index (κ2) is 6.03. The smallest absolute Gasteiger partial charge is 0.317 e. The number of carbonyl (C=O) groups excluding carboxylic acids is 1. The Kier molecular flexibility index (Phi) is 4.28. The number of alkyl halides is 3. The Morgan fingerprint density at radius 1 is 1.28 bits per heavy atom. The number of halogens is 4. The van der Waals surface area contributed by atoms with Crippen LogP contribution in [0.25, 0.3) is 0 Å². The molecule has 1 heterocycles. The van der Waals surface area contributed by atoms with Gasteiger partial charge in [0.15, 0.2) is 5.69 Å². The van der Waals surface area contributed by atoms with Crippen molar-refractivity contribution in [3.8, 4) is 0 Å². The minimum Gasteiger partial charge on any atom is -0.317 e. The molecule has 0 saturated heterocycles. The van der Waals surface area contributed by atoms with Crippen LogP contribution in [-0.4, -0.2) is 30.1 Å². The number of hydrogen-bond acceptors (Lipinski definition) is 4. The van der Waals surface area contributed by atoms with Crippen LogP contribution in [0, 0.1) is 5.92 Å². The summed E-state index contributed by atoms with van der Waals surface area (Å²) in [6.45, 7) is 0. The Morgan fingerprint density at radius 2 is 1.92 bits per heavy atom. The van der Waals surface area contributed by atoms with Gasteiger partial charge in [0.05, 0.1) is 17.1 Å². The lowest BCUT2D eigenvalue weighted by molar-refractivity contribution is -0.150. The van der Waals surface area contributed by atoms with Gasteiger partial charge in [-0.15, -0.1) is 0 Å². The van der Waals surface area contributed by atoms with Gasteiger partial charge in [0.1, 0.15) is 5.15 Å². The van der Waals surface area contributed by atoms with Crippen molar-refractivity contribution in [3.63, 3.8) is 0 Å². The van der Waals surface area contributed by atoms with Crippen molar-refractivity contribution in [2.75, 3.05) is 0 Å². The van der Waals surface area contributed by atoms with E-state index in [2.05, 4.69) is 4.98 Å². The quantitative estimate of drug-likeness (QED) is 0.866. The number of nitrogens with one attached hydrogen (secondary N) is 1.